The average molecular weight is 440 g/mol. The fourth-order valence-corrected chi connectivity index (χ4v) is 4.28. The van der Waals surface area contributed by atoms with Crippen LogP contribution in [0.4, 0.5) is 4.39 Å². The van der Waals surface area contributed by atoms with E-state index >= 15 is 0 Å². The quantitative estimate of drug-likeness (QED) is 0.520. The maximum atomic E-state index is 14.1. The minimum atomic E-state index is -0.991. The second kappa shape index (κ2) is 9.10. The van der Waals surface area contributed by atoms with Crippen LogP contribution < -0.4 is 4.74 Å². The average Bonchev–Trinajstić information content (AvgIpc) is 3.17. The Morgan fingerprint density at radius 2 is 2.12 bits per heavy atom. The molecule has 4 rings (SSSR count). The molecule has 0 saturated carbocycles. The van der Waals surface area contributed by atoms with E-state index in [1.54, 1.807) is 18.3 Å². The highest BCUT2D eigenvalue weighted by Crippen LogP contribution is 2.39. The van der Waals surface area contributed by atoms with E-state index in [2.05, 4.69) is 4.98 Å². The normalized spacial score (nSPS) is 17.2. The van der Waals surface area contributed by atoms with E-state index in [0.717, 1.165) is 22.2 Å². The molecule has 168 valence electrons. The summed E-state index contributed by atoms with van der Waals surface area (Å²) in [6, 6.07) is 8.02. The number of methoxy groups -OCH3 is 1. The van der Waals surface area contributed by atoms with Crippen molar-refractivity contribution in [2.24, 2.45) is 5.92 Å². The number of ether oxygens (including phenoxy) is 1. The third kappa shape index (κ3) is 4.11. The van der Waals surface area contributed by atoms with Crippen molar-refractivity contribution in [3.8, 4) is 16.9 Å². The highest BCUT2D eigenvalue weighted by atomic mass is 19.1. The first-order valence-corrected chi connectivity index (χ1v) is 10.5. The molecule has 3 N–H and O–H groups in total. The lowest BCUT2D eigenvalue weighted by Gasteiger charge is -2.21. The monoisotopic (exact) mass is 440 g/mol. The van der Waals surface area contributed by atoms with Crippen molar-refractivity contribution in [2.45, 2.75) is 31.9 Å². The van der Waals surface area contributed by atoms with Crippen LogP contribution in [-0.4, -0.2) is 50.7 Å². The van der Waals surface area contributed by atoms with Crippen molar-refractivity contribution in [2.75, 3.05) is 13.7 Å². The predicted molar refractivity (Wildman–Crippen MR) is 118 cm³/mol. The fourth-order valence-electron chi connectivity index (χ4n) is 4.28. The Hall–Kier alpha value is -3.23. The molecule has 0 spiro atoms. The summed E-state index contributed by atoms with van der Waals surface area (Å²) in [5.41, 5.74) is 3.64. The topological polar surface area (TPSA) is 105 Å². The number of halogens is 1. The number of aliphatic carboxylic acids is 1. The van der Waals surface area contributed by atoms with Crippen molar-refractivity contribution in [1.82, 2.24) is 9.55 Å². The number of allylic oxidation sites excluding steroid dienone is 2. The highest BCUT2D eigenvalue weighted by Gasteiger charge is 2.25. The van der Waals surface area contributed by atoms with Crippen LogP contribution in [0.2, 0.25) is 0 Å². The van der Waals surface area contributed by atoms with Crippen molar-refractivity contribution < 1.29 is 29.2 Å². The lowest BCUT2D eigenvalue weighted by atomic mass is 9.88. The van der Waals surface area contributed by atoms with Crippen LogP contribution in [0.25, 0.3) is 27.7 Å². The maximum Gasteiger partial charge on any atom is 0.306 e. The van der Waals surface area contributed by atoms with E-state index in [9.17, 15) is 24.5 Å². The third-order valence-corrected chi connectivity index (χ3v) is 5.94. The molecule has 3 aromatic rings. The van der Waals surface area contributed by atoms with Gasteiger partial charge < -0.3 is 24.6 Å². The van der Waals surface area contributed by atoms with Gasteiger partial charge in [-0.05, 0) is 60.7 Å². The Morgan fingerprint density at radius 1 is 1.31 bits per heavy atom. The van der Waals surface area contributed by atoms with Gasteiger partial charge >= 0.3 is 5.97 Å². The molecule has 0 radical (unpaired) electrons. The predicted octanol–water partition coefficient (Wildman–Crippen LogP) is 3.47. The number of aliphatic hydroxyl groups excluding tert-OH is 2. The summed E-state index contributed by atoms with van der Waals surface area (Å²) >= 11 is 0. The molecule has 1 aliphatic rings. The Morgan fingerprint density at radius 3 is 2.78 bits per heavy atom. The summed E-state index contributed by atoms with van der Waals surface area (Å²) in [6.07, 6.45) is 4.05. The molecule has 0 fully saturated rings. The molecule has 1 aliphatic carbocycles. The molecule has 8 heteroatoms. The summed E-state index contributed by atoms with van der Waals surface area (Å²) in [4.78, 5) is 15.8. The number of carbonyl (C=O) groups is 1. The molecular weight excluding hydrogens is 415 g/mol. The molecule has 0 aliphatic heterocycles. The molecule has 0 saturated heterocycles. The molecule has 2 aromatic heterocycles. The summed E-state index contributed by atoms with van der Waals surface area (Å²) < 4.78 is 21.3. The standard InChI is InChI=1S/C24H25FN2O5/c1-32-22-7-6-16(25)10-19(22)18-8-9-26-23-20(18)11-21(27(23)12-17(29)13-28)14-2-4-15(5-3-14)24(30)31/h2,6-11,15,17,28-29H,3-5,12-13H2,1H3,(H,30,31)/t15?,17-/m0/s1. The summed E-state index contributed by atoms with van der Waals surface area (Å²) in [6.45, 7) is -0.289. The van der Waals surface area contributed by atoms with E-state index in [1.807, 2.05) is 16.7 Å². The lowest BCUT2D eigenvalue weighted by Crippen LogP contribution is -2.22. The van der Waals surface area contributed by atoms with Crippen molar-refractivity contribution in [3.63, 3.8) is 0 Å². The Kier molecular flexibility index (Phi) is 6.25. The number of benzene rings is 1. The summed E-state index contributed by atoms with van der Waals surface area (Å²) in [5.74, 6) is -1.09. The first-order chi connectivity index (χ1) is 15.4. The Bertz CT molecular complexity index is 1190. The summed E-state index contributed by atoms with van der Waals surface area (Å²) in [7, 11) is 1.52. The molecule has 2 heterocycles. The van der Waals surface area contributed by atoms with Gasteiger partial charge in [-0.1, -0.05) is 6.08 Å². The van der Waals surface area contributed by atoms with Gasteiger partial charge in [0.15, 0.2) is 0 Å². The molecule has 0 amide bonds. The second-order valence-corrected chi connectivity index (χ2v) is 7.96. The van der Waals surface area contributed by atoms with Crippen LogP contribution in [-0.2, 0) is 11.3 Å². The van der Waals surface area contributed by atoms with Crippen molar-refractivity contribution in [3.05, 3.63) is 54.1 Å². The smallest absolute Gasteiger partial charge is 0.306 e. The number of carboxylic acid groups (broad SMARTS) is 1. The fraction of sp³-hybridized carbons (Fsp3) is 0.333. The van der Waals surface area contributed by atoms with Gasteiger partial charge in [0.05, 0.1) is 32.3 Å². The van der Waals surface area contributed by atoms with Gasteiger partial charge in [0.2, 0.25) is 0 Å². The van der Waals surface area contributed by atoms with Crippen LogP contribution in [0, 0.1) is 11.7 Å². The lowest BCUT2D eigenvalue weighted by molar-refractivity contribution is -0.141. The minimum absolute atomic E-state index is 0.117. The zero-order valence-corrected chi connectivity index (χ0v) is 17.7. The number of rotatable bonds is 7. The number of hydrogen-bond donors (Lipinski definition) is 3. The number of nitrogens with zero attached hydrogens (tertiary/aromatic N) is 2. The molecule has 32 heavy (non-hydrogen) atoms. The summed E-state index contributed by atoms with van der Waals surface area (Å²) in [5, 5.41) is 29.6. The second-order valence-electron chi connectivity index (χ2n) is 7.96. The van der Waals surface area contributed by atoms with Gasteiger partial charge in [0, 0.05) is 22.8 Å². The highest BCUT2D eigenvalue weighted by molar-refractivity contribution is 5.97. The van der Waals surface area contributed by atoms with Crippen molar-refractivity contribution in [1.29, 1.82) is 0 Å². The molecule has 0 bridgehead atoms. The van der Waals surface area contributed by atoms with Gasteiger partial charge in [-0.2, -0.15) is 0 Å². The molecule has 7 nitrogen and oxygen atoms in total. The number of fused-ring (bicyclic) bond motifs is 1. The maximum absolute atomic E-state index is 14.1. The molecule has 2 atom stereocenters. The van der Waals surface area contributed by atoms with Gasteiger partial charge in [-0.25, -0.2) is 9.37 Å². The largest absolute Gasteiger partial charge is 0.496 e. The van der Waals surface area contributed by atoms with Crippen LogP contribution in [0.15, 0.2) is 42.6 Å². The Labute approximate surface area is 184 Å². The zero-order valence-electron chi connectivity index (χ0n) is 17.7. The van der Waals surface area contributed by atoms with Crippen LogP contribution in [0.1, 0.15) is 25.0 Å². The number of hydrogen-bond acceptors (Lipinski definition) is 5. The molecule has 1 aromatic carbocycles. The Balaban J connectivity index is 1.90. The van der Waals surface area contributed by atoms with E-state index in [4.69, 9.17) is 4.74 Å². The van der Waals surface area contributed by atoms with Crippen LogP contribution in [0.5, 0.6) is 5.75 Å². The SMILES string of the molecule is COc1ccc(F)cc1-c1ccnc2c1cc(C1=CCC(C(=O)O)CC1)n2C[C@H](O)CO. The van der Waals surface area contributed by atoms with Gasteiger partial charge in [-0.15, -0.1) is 0 Å². The zero-order chi connectivity index (χ0) is 22.8. The van der Waals surface area contributed by atoms with Gasteiger partial charge in [-0.3, -0.25) is 4.79 Å². The molecule has 1 unspecified atom stereocenters. The van der Waals surface area contributed by atoms with Crippen LogP contribution >= 0.6 is 0 Å². The third-order valence-electron chi connectivity index (χ3n) is 5.94. The van der Waals surface area contributed by atoms with E-state index in [-0.39, 0.29) is 6.54 Å². The first-order valence-electron chi connectivity index (χ1n) is 10.5. The van der Waals surface area contributed by atoms with E-state index in [1.165, 1.54) is 19.2 Å². The number of aliphatic hydroxyl groups is 2. The van der Waals surface area contributed by atoms with Gasteiger partial charge in [0.25, 0.3) is 0 Å². The number of carboxylic acids is 1. The number of pyridine rings is 1. The number of aromatic nitrogens is 2. The van der Waals surface area contributed by atoms with E-state index in [0.29, 0.717) is 36.2 Å². The first kappa shape index (κ1) is 22.0. The van der Waals surface area contributed by atoms with Crippen LogP contribution in [0.3, 0.4) is 0 Å². The molecular formula is C24H25FN2O5. The van der Waals surface area contributed by atoms with Crippen molar-refractivity contribution >= 4 is 22.6 Å². The van der Waals surface area contributed by atoms with E-state index < -0.39 is 30.4 Å². The minimum Gasteiger partial charge on any atom is -0.496 e. The van der Waals surface area contributed by atoms with Gasteiger partial charge in [0.1, 0.15) is 17.2 Å².